The van der Waals surface area contributed by atoms with Crippen LogP contribution in [-0.4, -0.2) is 19.8 Å². The highest BCUT2D eigenvalue weighted by Gasteiger charge is 1.98. The average molecular weight is 161 g/mol. The summed E-state index contributed by atoms with van der Waals surface area (Å²) in [6.07, 6.45) is 3.52. The van der Waals surface area contributed by atoms with Crippen LogP contribution in [0.3, 0.4) is 0 Å². The Bertz CT molecular complexity index is 57.5. The van der Waals surface area contributed by atoms with E-state index in [0.717, 1.165) is 6.42 Å². The van der Waals surface area contributed by atoms with Gasteiger partial charge in [-0.05, 0) is 6.42 Å². The molecule has 2 nitrogen and oxygen atoms in total. The van der Waals surface area contributed by atoms with Gasteiger partial charge in [-0.25, -0.2) is 0 Å². The van der Waals surface area contributed by atoms with E-state index in [9.17, 15) is 0 Å². The summed E-state index contributed by atoms with van der Waals surface area (Å²) in [5, 5.41) is 0. The van der Waals surface area contributed by atoms with Gasteiger partial charge in [0.25, 0.3) is 0 Å². The van der Waals surface area contributed by atoms with Gasteiger partial charge in [-0.1, -0.05) is 33.6 Å². The molecule has 0 radical (unpaired) electrons. The van der Waals surface area contributed by atoms with Crippen LogP contribution in [0.1, 0.15) is 40.0 Å². The Morgan fingerprint density at radius 3 is 2.27 bits per heavy atom. The summed E-state index contributed by atoms with van der Waals surface area (Å²) < 4.78 is 4.88. The minimum atomic E-state index is 0.245. The molecule has 0 aromatic heterocycles. The maximum absolute atomic E-state index is 5.65. The number of nitrogens with two attached hydrogens (primary N) is 1. The van der Waals surface area contributed by atoms with Gasteiger partial charge in [0.05, 0.1) is 6.61 Å². The first-order valence-corrected chi connectivity index (χ1v) is 4.55. The van der Waals surface area contributed by atoms with E-state index in [1.807, 2.05) is 13.8 Å². The van der Waals surface area contributed by atoms with E-state index < -0.39 is 0 Å². The lowest BCUT2D eigenvalue weighted by Crippen LogP contribution is -2.25. The minimum Gasteiger partial charge on any atom is -0.383 e. The average Bonchev–Trinajstić information content (AvgIpc) is 2.05. The first-order chi connectivity index (χ1) is 5.31. The fourth-order valence-corrected chi connectivity index (χ4v) is 0.764. The number of unbranched alkanes of at least 4 members (excludes halogenated alkanes) is 1. The van der Waals surface area contributed by atoms with Gasteiger partial charge in [-0.15, -0.1) is 0 Å². The zero-order valence-electron chi connectivity index (χ0n) is 8.39. The molecule has 1 atom stereocenters. The predicted molar refractivity (Wildman–Crippen MR) is 50.7 cm³/mol. The highest BCUT2D eigenvalue weighted by molar-refractivity contribution is 4.57. The normalized spacial score (nSPS) is 11.7. The molecule has 2 heteroatoms. The molecule has 0 saturated heterocycles. The molecule has 11 heavy (non-hydrogen) atoms. The van der Waals surface area contributed by atoms with Gasteiger partial charge in [-0.2, -0.15) is 0 Å². The third-order valence-corrected chi connectivity index (χ3v) is 1.31. The van der Waals surface area contributed by atoms with E-state index >= 15 is 0 Å². The van der Waals surface area contributed by atoms with Gasteiger partial charge in [0.2, 0.25) is 0 Å². The SMILES string of the molecule is CC.CCCC[C@@H](N)COC. The summed E-state index contributed by atoms with van der Waals surface area (Å²) in [4.78, 5) is 0. The van der Waals surface area contributed by atoms with E-state index in [0.29, 0.717) is 6.61 Å². The van der Waals surface area contributed by atoms with Crippen LogP contribution in [0.4, 0.5) is 0 Å². The van der Waals surface area contributed by atoms with Gasteiger partial charge in [-0.3, -0.25) is 0 Å². The summed E-state index contributed by atoms with van der Waals surface area (Å²) in [7, 11) is 1.69. The van der Waals surface area contributed by atoms with E-state index in [1.54, 1.807) is 7.11 Å². The molecule has 0 unspecified atom stereocenters. The molecule has 0 spiro atoms. The highest BCUT2D eigenvalue weighted by atomic mass is 16.5. The summed E-state index contributed by atoms with van der Waals surface area (Å²) in [6, 6.07) is 0.245. The zero-order valence-corrected chi connectivity index (χ0v) is 8.39. The molecule has 0 aliphatic rings. The standard InChI is InChI=1S/C7H17NO.C2H6/c1-3-4-5-7(8)6-9-2;1-2/h7H,3-6,8H2,1-2H3;1-2H3/t7-;/m1./s1. The molecule has 0 heterocycles. The Hall–Kier alpha value is -0.0800. The molecule has 0 fully saturated rings. The largest absolute Gasteiger partial charge is 0.383 e. The maximum Gasteiger partial charge on any atom is 0.0613 e. The molecule has 2 N–H and O–H groups in total. The molecular weight excluding hydrogens is 138 g/mol. The number of ether oxygens (including phenoxy) is 1. The van der Waals surface area contributed by atoms with Crippen molar-refractivity contribution in [2.45, 2.75) is 46.1 Å². The second-order valence-corrected chi connectivity index (χ2v) is 2.36. The highest BCUT2D eigenvalue weighted by Crippen LogP contribution is 1.97. The van der Waals surface area contributed by atoms with E-state index in [4.69, 9.17) is 10.5 Å². The summed E-state index contributed by atoms with van der Waals surface area (Å²) >= 11 is 0. The van der Waals surface area contributed by atoms with E-state index in [1.165, 1.54) is 12.8 Å². The Kier molecular flexibility index (Phi) is 15.4. The Morgan fingerprint density at radius 1 is 1.36 bits per heavy atom. The molecule has 0 aromatic carbocycles. The third-order valence-electron chi connectivity index (χ3n) is 1.31. The van der Waals surface area contributed by atoms with E-state index in [2.05, 4.69) is 6.92 Å². The fourth-order valence-electron chi connectivity index (χ4n) is 0.764. The number of hydrogen-bond acceptors (Lipinski definition) is 2. The Balaban J connectivity index is 0. The van der Waals surface area contributed by atoms with Crippen LogP contribution in [0.25, 0.3) is 0 Å². The van der Waals surface area contributed by atoms with Crippen molar-refractivity contribution in [1.29, 1.82) is 0 Å². The van der Waals surface area contributed by atoms with Crippen LogP contribution in [0, 0.1) is 0 Å². The van der Waals surface area contributed by atoms with Gasteiger partial charge in [0, 0.05) is 13.2 Å². The quantitative estimate of drug-likeness (QED) is 0.670. The molecule has 0 aromatic rings. The Labute approximate surface area is 71.1 Å². The summed E-state index contributed by atoms with van der Waals surface area (Å²) in [5.41, 5.74) is 5.65. The van der Waals surface area contributed by atoms with Crippen molar-refractivity contribution in [2.75, 3.05) is 13.7 Å². The van der Waals surface area contributed by atoms with Crippen LogP contribution in [-0.2, 0) is 4.74 Å². The van der Waals surface area contributed by atoms with Gasteiger partial charge in [0.15, 0.2) is 0 Å². The first-order valence-electron chi connectivity index (χ1n) is 4.55. The zero-order chi connectivity index (χ0) is 9.11. The fraction of sp³-hybridized carbons (Fsp3) is 1.00. The second-order valence-electron chi connectivity index (χ2n) is 2.36. The molecular formula is C9H23NO. The maximum atomic E-state index is 5.65. The number of rotatable bonds is 5. The molecule has 70 valence electrons. The van der Waals surface area contributed by atoms with Gasteiger partial charge >= 0.3 is 0 Å². The van der Waals surface area contributed by atoms with Crippen molar-refractivity contribution >= 4 is 0 Å². The van der Waals surface area contributed by atoms with Crippen LogP contribution in [0.5, 0.6) is 0 Å². The van der Waals surface area contributed by atoms with Crippen molar-refractivity contribution in [2.24, 2.45) is 5.73 Å². The number of hydrogen-bond donors (Lipinski definition) is 1. The molecule has 0 aliphatic carbocycles. The smallest absolute Gasteiger partial charge is 0.0613 e. The van der Waals surface area contributed by atoms with Gasteiger partial charge in [0.1, 0.15) is 0 Å². The lowest BCUT2D eigenvalue weighted by Gasteiger charge is -2.07. The minimum absolute atomic E-state index is 0.245. The summed E-state index contributed by atoms with van der Waals surface area (Å²) in [6.45, 7) is 6.86. The second kappa shape index (κ2) is 12.6. The van der Waals surface area contributed by atoms with Crippen molar-refractivity contribution in [1.82, 2.24) is 0 Å². The van der Waals surface area contributed by atoms with Crippen LogP contribution in [0.15, 0.2) is 0 Å². The van der Waals surface area contributed by atoms with Crippen molar-refractivity contribution < 1.29 is 4.74 Å². The molecule has 0 saturated carbocycles. The lowest BCUT2D eigenvalue weighted by molar-refractivity contribution is 0.176. The molecule has 0 aliphatic heterocycles. The lowest BCUT2D eigenvalue weighted by atomic mass is 10.1. The van der Waals surface area contributed by atoms with Crippen molar-refractivity contribution in [3.63, 3.8) is 0 Å². The van der Waals surface area contributed by atoms with Crippen LogP contribution in [0.2, 0.25) is 0 Å². The van der Waals surface area contributed by atoms with Crippen molar-refractivity contribution in [3.8, 4) is 0 Å². The molecule has 0 bridgehead atoms. The van der Waals surface area contributed by atoms with Crippen LogP contribution < -0.4 is 5.73 Å². The summed E-state index contributed by atoms with van der Waals surface area (Å²) in [5.74, 6) is 0. The first kappa shape index (κ1) is 13.5. The Morgan fingerprint density at radius 2 is 1.91 bits per heavy atom. The number of methoxy groups -OCH3 is 1. The third kappa shape index (κ3) is 13.0. The topological polar surface area (TPSA) is 35.2 Å². The van der Waals surface area contributed by atoms with Gasteiger partial charge < -0.3 is 10.5 Å². The van der Waals surface area contributed by atoms with Crippen molar-refractivity contribution in [3.05, 3.63) is 0 Å². The molecule has 0 amide bonds. The monoisotopic (exact) mass is 161 g/mol. The van der Waals surface area contributed by atoms with Crippen LogP contribution >= 0.6 is 0 Å². The molecule has 0 rings (SSSR count). The predicted octanol–water partition coefficient (Wildman–Crippen LogP) is 2.18. The van der Waals surface area contributed by atoms with E-state index in [-0.39, 0.29) is 6.04 Å².